The fraction of sp³-hybridized carbons (Fsp3) is 0.733. The number of carbonyl (C=O) groups is 1. The number of hydrogen-bond acceptors (Lipinski definition) is 3. The number of rotatable bonds is 2. The van der Waals surface area contributed by atoms with Gasteiger partial charge in [-0.3, -0.25) is 9.48 Å². The maximum atomic E-state index is 12.7. The number of carbonyl (C=O) groups excluding carboxylic acids is 1. The molecule has 2 heterocycles. The molecule has 1 N–H and O–H groups in total. The predicted molar refractivity (Wildman–Crippen MR) is 75.5 cm³/mol. The van der Waals surface area contributed by atoms with E-state index in [-0.39, 0.29) is 23.6 Å². The van der Waals surface area contributed by atoms with E-state index < -0.39 is 0 Å². The van der Waals surface area contributed by atoms with Crippen molar-refractivity contribution in [3.63, 3.8) is 0 Å². The molecule has 5 heteroatoms. The summed E-state index contributed by atoms with van der Waals surface area (Å²) in [5, 5.41) is 14.7. The topological polar surface area (TPSA) is 58.4 Å². The minimum atomic E-state index is -0.374. The first kappa shape index (κ1) is 13.6. The van der Waals surface area contributed by atoms with E-state index in [1.54, 1.807) is 10.7 Å². The van der Waals surface area contributed by atoms with Gasteiger partial charge in [0.25, 0.3) is 5.91 Å². The molecular formula is C15H23N3O2. The first-order valence-electron chi connectivity index (χ1n) is 7.60. The second-order valence-electron chi connectivity index (χ2n) is 6.35. The quantitative estimate of drug-likeness (QED) is 0.899. The van der Waals surface area contributed by atoms with E-state index in [1.165, 1.54) is 0 Å². The molecule has 1 saturated carbocycles. The van der Waals surface area contributed by atoms with E-state index in [0.717, 1.165) is 25.7 Å². The minimum absolute atomic E-state index is 0.0251. The van der Waals surface area contributed by atoms with Gasteiger partial charge in [-0.25, -0.2) is 0 Å². The van der Waals surface area contributed by atoms with Crippen LogP contribution in [0.4, 0.5) is 0 Å². The lowest BCUT2D eigenvalue weighted by molar-refractivity contribution is 0.0256. The summed E-state index contributed by atoms with van der Waals surface area (Å²) in [5.41, 5.74) is 0.178. The number of aromatic nitrogens is 2. The molecule has 1 aliphatic heterocycles. The molecule has 0 radical (unpaired) electrons. The highest BCUT2D eigenvalue weighted by molar-refractivity contribution is 5.93. The molecule has 3 rings (SSSR count). The van der Waals surface area contributed by atoms with Crippen LogP contribution in [0.25, 0.3) is 0 Å². The van der Waals surface area contributed by atoms with Gasteiger partial charge in [-0.2, -0.15) is 5.10 Å². The van der Waals surface area contributed by atoms with Gasteiger partial charge in [-0.1, -0.05) is 12.8 Å². The molecule has 1 spiro atoms. The Kier molecular flexibility index (Phi) is 3.32. The van der Waals surface area contributed by atoms with Crippen molar-refractivity contribution in [3.05, 3.63) is 18.0 Å². The summed E-state index contributed by atoms with van der Waals surface area (Å²) < 4.78 is 1.81. The molecule has 1 aromatic rings. The van der Waals surface area contributed by atoms with Crippen molar-refractivity contribution in [2.24, 2.45) is 0 Å². The number of likely N-dealkylation sites (tertiary alicyclic amines) is 1. The van der Waals surface area contributed by atoms with Gasteiger partial charge in [0.15, 0.2) is 0 Å². The fourth-order valence-corrected chi connectivity index (χ4v) is 3.69. The van der Waals surface area contributed by atoms with E-state index in [9.17, 15) is 9.90 Å². The molecule has 1 saturated heterocycles. The zero-order valence-corrected chi connectivity index (χ0v) is 12.2. The van der Waals surface area contributed by atoms with Gasteiger partial charge in [-0.05, 0) is 39.2 Å². The molecule has 1 amide bonds. The van der Waals surface area contributed by atoms with Crippen LogP contribution in [0.1, 0.15) is 62.5 Å². The first-order valence-corrected chi connectivity index (χ1v) is 7.60. The summed E-state index contributed by atoms with van der Waals surface area (Å²) in [5.74, 6) is -0.0251. The van der Waals surface area contributed by atoms with Crippen LogP contribution in [-0.2, 0) is 0 Å². The van der Waals surface area contributed by atoms with Gasteiger partial charge in [0.1, 0.15) is 5.69 Å². The number of amides is 1. The van der Waals surface area contributed by atoms with Crippen LogP contribution in [0, 0.1) is 0 Å². The molecule has 1 atom stereocenters. The second-order valence-corrected chi connectivity index (χ2v) is 6.35. The van der Waals surface area contributed by atoms with Crippen LogP contribution >= 0.6 is 0 Å². The molecule has 20 heavy (non-hydrogen) atoms. The monoisotopic (exact) mass is 277 g/mol. The van der Waals surface area contributed by atoms with E-state index in [2.05, 4.69) is 5.10 Å². The van der Waals surface area contributed by atoms with Crippen molar-refractivity contribution in [3.8, 4) is 0 Å². The van der Waals surface area contributed by atoms with Crippen LogP contribution in [0.3, 0.4) is 0 Å². The molecule has 2 aliphatic rings. The first-order chi connectivity index (χ1) is 9.54. The van der Waals surface area contributed by atoms with Gasteiger partial charge in [0.2, 0.25) is 0 Å². The lowest BCUT2D eigenvalue weighted by Gasteiger charge is -2.36. The van der Waals surface area contributed by atoms with Crippen LogP contribution < -0.4 is 0 Å². The van der Waals surface area contributed by atoms with Crippen molar-refractivity contribution >= 4 is 5.91 Å². The molecule has 2 fully saturated rings. The van der Waals surface area contributed by atoms with Crippen LogP contribution in [0.15, 0.2) is 12.3 Å². The maximum Gasteiger partial charge on any atom is 0.274 e. The van der Waals surface area contributed by atoms with Crippen molar-refractivity contribution in [1.29, 1.82) is 0 Å². The van der Waals surface area contributed by atoms with Gasteiger partial charge in [-0.15, -0.1) is 0 Å². The Bertz CT molecular complexity index is 503. The molecule has 5 nitrogen and oxygen atoms in total. The van der Waals surface area contributed by atoms with E-state index in [1.807, 2.05) is 24.9 Å². The molecule has 0 aromatic carbocycles. The average molecular weight is 277 g/mol. The fourth-order valence-electron chi connectivity index (χ4n) is 3.69. The number of aliphatic hydroxyl groups is 1. The van der Waals surface area contributed by atoms with E-state index >= 15 is 0 Å². The minimum Gasteiger partial charge on any atom is -0.391 e. The highest BCUT2D eigenvalue weighted by Gasteiger charge is 2.51. The number of hydrogen-bond donors (Lipinski definition) is 1. The van der Waals surface area contributed by atoms with Crippen LogP contribution in [-0.4, -0.2) is 43.9 Å². The van der Waals surface area contributed by atoms with Crippen molar-refractivity contribution in [2.45, 2.75) is 63.6 Å². The average Bonchev–Trinajstić information content (AvgIpc) is 3.13. The number of nitrogens with zero attached hydrogens (tertiary/aromatic N) is 3. The Balaban J connectivity index is 1.86. The third kappa shape index (κ3) is 1.95. The Morgan fingerprint density at radius 1 is 1.45 bits per heavy atom. The molecule has 1 aromatic heterocycles. The standard InChI is InChI=1S/C15H23N3O2/c1-11(2)18-10-5-12(16-18)14(20)17-9-6-13(19)15(17)7-3-4-8-15/h5,10-11,13,19H,3-4,6-9H2,1-2H3/t13-/m1/s1. The maximum absolute atomic E-state index is 12.7. The summed E-state index contributed by atoms with van der Waals surface area (Å²) in [6, 6.07) is 2.04. The van der Waals surface area contributed by atoms with Crippen molar-refractivity contribution < 1.29 is 9.90 Å². The van der Waals surface area contributed by atoms with Crippen molar-refractivity contribution in [1.82, 2.24) is 14.7 Å². The largest absolute Gasteiger partial charge is 0.391 e. The Hall–Kier alpha value is -1.36. The van der Waals surface area contributed by atoms with Crippen LogP contribution in [0.5, 0.6) is 0 Å². The zero-order chi connectivity index (χ0) is 14.3. The van der Waals surface area contributed by atoms with Crippen molar-refractivity contribution in [2.75, 3.05) is 6.54 Å². The predicted octanol–water partition coefficient (Wildman–Crippen LogP) is 1.98. The summed E-state index contributed by atoms with van der Waals surface area (Å²) >= 11 is 0. The Morgan fingerprint density at radius 2 is 2.15 bits per heavy atom. The van der Waals surface area contributed by atoms with Gasteiger partial charge < -0.3 is 10.0 Å². The Morgan fingerprint density at radius 3 is 2.75 bits per heavy atom. The zero-order valence-electron chi connectivity index (χ0n) is 12.2. The lowest BCUT2D eigenvalue weighted by atomic mass is 9.91. The summed E-state index contributed by atoms with van der Waals surface area (Å²) in [6.07, 6.45) is 6.21. The van der Waals surface area contributed by atoms with E-state index in [4.69, 9.17) is 0 Å². The van der Waals surface area contributed by atoms with Crippen LogP contribution in [0.2, 0.25) is 0 Å². The SMILES string of the molecule is CC(C)n1ccc(C(=O)N2CC[C@@H](O)C23CCCC3)n1. The van der Waals surface area contributed by atoms with E-state index in [0.29, 0.717) is 18.7 Å². The second kappa shape index (κ2) is 4.88. The molecule has 110 valence electrons. The Labute approximate surface area is 119 Å². The third-order valence-electron chi connectivity index (χ3n) is 4.86. The highest BCUT2D eigenvalue weighted by atomic mass is 16.3. The highest BCUT2D eigenvalue weighted by Crippen LogP contribution is 2.43. The summed E-state index contributed by atoms with van der Waals surface area (Å²) in [6.45, 7) is 4.73. The third-order valence-corrected chi connectivity index (χ3v) is 4.86. The number of aliphatic hydroxyl groups excluding tert-OH is 1. The van der Waals surface area contributed by atoms with Gasteiger partial charge in [0, 0.05) is 18.8 Å². The molecule has 0 unspecified atom stereocenters. The van der Waals surface area contributed by atoms with Gasteiger partial charge in [0.05, 0.1) is 11.6 Å². The summed E-state index contributed by atoms with van der Waals surface area (Å²) in [7, 11) is 0. The molecule has 0 bridgehead atoms. The molecule has 1 aliphatic carbocycles. The lowest BCUT2D eigenvalue weighted by Crippen LogP contribution is -2.51. The molecular weight excluding hydrogens is 254 g/mol. The normalized spacial score (nSPS) is 25.0. The smallest absolute Gasteiger partial charge is 0.274 e. The van der Waals surface area contributed by atoms with Gasteiger partial charge >= 0.3 is 0 Å². The summed E-state index contributed by atoms with van der Waals surface area (Å²) in [4.78, 5) is 14.6.